The molecule has 5 nitrogen and oxygen atoms in total. The zero-order valence-corrected chi connectivity index (χ0v) is 16.8. The molecule has 138 valence electrons. The Morgan fingerprint density at radius 2 is 1.88 bits per heavy atom. The van der Waals surface area contributed by atoms with Gasteiger partial charge in [-0.3, -0.25) is 0 Å². The van der Waals surface area contributed by atoms with Crippen molar-refractivity contribution in [2.24, 2.45) is 5.92 Å². The van der Waals surface area contributed by atoms with Crippen LogP contribution in [0.25, 0.3) is 11.1 Å². The predicted molar refractivity (Wildman–Crippen MR) is 97.9 cm³/mol. The molecule has 0 bridgehead atoms. The van der Waals surface area contributed by atoms with Crippen molar-refractivity contribution in [3.8, 4) is 0 Å². The van der Waals surface area contributed by atoms with Gasteiger partial charge >= 0.3 is 0 Å². The number of fused-ring (bicyclic) bond motifs is 1. The van der Waals surface area contributed by atoms with Gasteiger partial charge in [0.15, 0.2) is 15.4 Å². The Hall–Kier alpha value is -1.11. The first-order chi connectivity index (χ1) is 11.5. The largest absolute Gasteiger partial charge is 0.439 e. The molecule has 3 rings (SSSR count). The zero-order valence-electron chi connectivity index (χ0n) is 15.2. The van der Waals surface area contributed by atoms with Gasteiger partial charge in [-0.15, -0.1) is 0 Å². The van der Waals surface area contributed by atoms with Gasteiger partial charge in [-0.05, 0) is 32.4 Å². The molecule has 1 aliphatic heterocycles. The normalized spacial score (nSPS) is 19.7. The highest BCUT2D eigenvalue weighted by Gasteiger charge is 2.46. The molecular weight excluding hydrogens is 362 g/mol. The first kappa shape index (κ1) is 18.7. The van der Waals surface area contributed by atoms with Gasteiger partial charge < -0.3 is 9.15 Å². The van der Waals surface area contributed by atoms with Gasteiger partial charge in [0, 0.05) is 17.9 Å². The van der Waals surface area contributed by atoms with E-state index in [9.17, 15) is 8.42 Å². The maximum Gasteiger partial charge on any atom is 0.200 e. The van der Waals surface area contributed by atoms with Crippen molar-refractivity contribution >= 4 is 32.5 Å². The number of aromatic nitrogens is 1. The van der Waals surface area contributed by atoms with E-state index in [4.69, 9.17) is 20.8 Å². The van der Waals surface area contributed by atoms with E-state index < -0.39 is 14.6 Å². The lowest BCUT2D eigenvalue weighted by molar-refractivity contribution is 0.179. The van der Waals surface area contributed by atoms with Gasteiger partial charge in [-0.25, -0.2) is 13.4 Å². The molecule has 1 aromatic carbocycles. The monoisotopic (exact) mass is 385 g/mol. The lowest BCUT2D eigenvalue weighted by Crippen LogP contribution is -2.40. The molecule has 0 saturated carbocycles. The topological polar surface area (TPSA) is 69.4 Å². The molecule has 0 N–H and O–H groups in total. The number of benzene rings is 1. The van der Waals surface area contributed by atoms with Crippen LogP contribution >= 0.6 is 11.6 Å². The summed E-state index contributed by atoms with van der Waals surface area (Å²) in [5.74, 6) is 0.400. The molecule has 0 spiro atoms. The van der Waals surface area contributed by atoms with Gasteiger partial charge in [0.2, 0.25) is 5.89 Å². The van der Waals surface area contributed by atoms with Crippen molar-refractivity contribution in [3.63, 3.8) is 0 Å². The van der Waals surface area contributed by atoms with E-state index in [0.717, 1.165) is 0 Å². The van der Waals surface area contributed by atoms with Crippen LogP contribution in [0.4, 0.5) is 0 Å². The average molecular weight is 386 g/mol. The molecule has 2 heterocycles. The quantitative estimate of drug-likeness (QED) is 0.784. The Balaban J connectivity index is 2.23. The lowest BCUT2D eigenvalue weighted by Gasteiger charge is -2.30. The van der Waals surface area contributed by atoms with Crippen LogP contribution in [0.1, 0.15) is 46.9 Å². The number of sulfone groups is 1. The van der Waals surface area contributed by atoms with Crippen molar-refractivity contribution in [3.05, 3.63) is 23.0 Å². The maximum atomic E-state index is 13.5. The number of halogens is 1. The fourth-order valence-corrected chi connectivity index (χ4v) is 5.40. The van der Waals surface area contributed by atoms with Crippen molar-refractivity contribution < 1.29 is 17.6 Å². The average Bonchev–Trinajstić information content (AvgIpc) is 3.15. The van der Waals surface area contributed by atoms with Crippen LogP contribution in [0.5, 0.6) is 0 Å². The molecule has 0 unspecified atom stereocenters. The maximum absolute atomic E-state index is 13.5. The summed E-state index contributed by atoms with van der Waals surface area (Å²) in [6, 6.07) is 3.27. The Labute approximate surface area is 153 Å². The second kappa shape index (κ2) is 5.96. The predicted octanol–water partition coefficient (Wildman–Crippen LogP) is 4.37. The third-order valence-corrected chi connectivity index (χ3v) is 8.07. The van der Waals surface area contributed by atoms with Crippen LogP contribution in [0.2, 0.25) is 5.02 Å². The fourth-order valence-electron chi connectivity index (χ4n) is 3.08. The highest BCUT2D eigenvalue weighted by molar-refractivity contribution is 7.93. The third kappa shape index (κ3) is 2.98. The SMILES string of the molecule is CC(C)(C)c1nc2ccc(Cl)c(S(=O)(=O)C(C)(C)[C@@H]3CCOC3)c2o1. The summed E-state index contributed by atoms with van der Waals surface area (Å²) in [6.45, 7) is 10.4. The molecule has 1 atom stereocenters. The molecule has 7 heteroatoms. The number of rotatable bonds is 3. The van der Waals surface area contributed by atoms with Crippen molar-refractivity contribution in [1.29, 1.82) is 0 Å². The van der Waals surface area contributed by atoms with E-state index in [1.807, 2.05) is 20.8 Å². The van der Waals surface area contributed by atoms with Gasteiger partial charge in [0.25, 0.3) is 0 Å². The first-order valence-electron chi connectivity index (χ1n) is 8.38. The Morgan fingerprint density at radius 1 is 1.20 bits per heavy atom. The molecule has 1 fully saturated rings. The summed E-state index contributed by atoms with van der Waals surface area (Å²) >= 11 is 6.33. The molecule has 1 saturated heterocycles. The minimum atomic E-state index is -3.76. The van der Waals surface area contributed by atoms with Crippen LogP contribution in [-0.4, -0.2) is 31.4 Å². The number of hydrogen-bond acceptors (Lipinski definition) is 5. The van der Waals surface area contributed by atoms with Crippen LogP contribution in [-0.2, 0) is 20.0 Å². The van der Waals surface area contributed by atoms with Crippen molar-refractivity contribution in [2.75, 3.05) is 13.2 Å². The molecule has 0 radical (unpaired) electrons. The number of ether oxygens (including phenoxy) is 1. The zero-order chi connectivity index (χ0) is 18.6. The highest BCUT2D eigenvalue weighted by Crippen LogP contribution is 2.42. The molecule has 0 amide bonds. The summed E-state index contributed by atoms with van der Waals surface area (Å²) in [7, 11) is -3.76. The van der Waals surface area contributed by atoms with Crippen LogP contribution in [0.3, 0.4) is 0 Å². The second-order valence-corrected chi connectivity index (χ2v) is 11.0. The highest BCUT2D eigenvalue weighted by atomic mass is 35.5. The summed E-state index contributed by atoms with van der Waals surface area (Å²) < 4.78 is 37.3. The van der Waals surface area contributed by atoms with Gasteiger partial charge in [0.1, 0.15) is 10.4 Å². The molecule has 1 aliphatic rings. The smallest absolute Gasteiger partial charge is 0.200 e. The first-order valence-corrected chi connectivity index (χ1v) is 10.2. The van der Waals surface area contributed by atoms with E-state index >= 15 is 0 Å². The van der Waals surface area contributed by atoms with Crippen LogP contribution in [0.15, 0.2) is 21.4 Å². The Kier molecular flexibility index (Phi) is 4.45. The van der Waals surface area contributed by atoms with E-state index in [0.29, 0.717) is 31.0 Å². The van der Waals surface area contributed by atoms with Crippen LogP contribution < -0.4 is 0 Å². The minimum absolute atomic E-state index is 0.0339. The molecule has 2 aromatic rings. The summed E-state index contributed by atoms with van der Waals surface area (Å²) in [5, 5.41) is 0.163. The lowest BCUT2D eigenvalue weighted by atomic mass is 9.94. The van der Waals surface area contributed by atoms with E-state index in [-0.39, 0.29) is 26.8 Å². The number of nitrogens with zero attached hydrogens (tertiary/aromatic N) is 1. The van der Waals surface area contributed by atoms with Gasteiger partial charge in [-0.2, -0.15) is 0 Å². The summed E-state index contributed by atoms with van der Waals surface area (Å²) in [4.78, 5) is 4.50. The Morgan fingerprint density at radius 3 is 2.44 bits per heavy atom. The van der Waals surface area contributed by atoms with Gasteiger partial charge in [-0.1, -0.05) is 32.4 Å². The van der Waals surface area contributed by atoms with Crippen LogP contribution in [0, 0.1) is 5.92 Å². The molecule has 25 heavy (non-hydrogen) atoms. The molecule has 0 aliphatic carbocycles. The number of hydrogen-bond donors (Lipinski definition) is 0. The fraction of sp³-hybridized carbons (Fsp3) is 0.611. The Bertz CT molecular complexity index is 903. The van der Waals surface area contributed by atoms with Gasteiger partial charge in [0.05, 0.1) is 16.4 Å². The number of oxazole rings is 1. The molecular formula is C18H24ClNO4S. The van der Waals surface area contributed by atoms with E-state index in [2.05, 4.69) is 4.98 Å². The summed E-state index contributed by atoms with van der Waals surface area (Å²) in [5.41, 5.74) is 0.414. The van der Waals surface area contributed by atoms with Crippen molar-refractivity contribution in [2.45, 2.75) is 56.1 Å². The third-order valence-electron chi connectivity index (χ3n) is 4.98. The van der Waals surface area contributed by atoms with Crippen molar-refractivity contribution in [1.82, 2.24) is 4.98 Å². The standard InChI is InChI=1S/C18H24ClNO4S/c1-17(2,3)16-20-13-7-6-12(19)15(14(13)24-16)25(21,22)18(4,5)11-8-9-23-10-11/h6-7,11H,8-10H2,1-5H3/t11-/m1/s1. The summed E-state index contributed by atoms with van der Waals surface area (Å²) in [6.07, 6.45) is 0.712. The molecule has 1 aromatic heterocycles. The van der Waals surface area contributed by atoms with E-state index in [1.165, 1.54) is 0 Å². The minimum Gasteiger partial charge on any atom is -0.439 e. The second-order valence-electron chi connectivity index (χ2n) is 8.16. The van der Waals surface area contributed by atoms with E-state index in [1.54, 1.807) is 26.0 Å².